The summed E-state index contributed by atoms with van der Waals surface area (Å²) in [7, 11) is 0. The molecular weight excluding hydrogens is 458 g/mol. The van der Waals surface area contributed by atoms with Crippen LogP contribution >= 0.6 is 23.4 Å². The zero-order chi connectivity index (χ0) is 23.4. The Balaban J connectivity index is 1.47. The monoisotopic (exact) mass is 483 g/mol. The van der Waals surface area contributed by atoms with E-state index < -0.39 is 0 Å². The van der Waals surface area contributed by atoms with Crippen LogP contribution in [-0.4, -0.2) is 43.8 Å². The standard InChI is InChI=1S/C24H26ClN5O2S/c1-3-29-22(20-12-7-13-30(20)23(32)19-11-5-4-8-16(19)2)27-28-24(29)33-15-21(31)26-18-10-6-9-17(25)14-18/h4-6,8-11,14,20H,3,7,12-13,15H2,1-2H3,(H,26,31). The van der Waals surface area contributed by atoms with Crippen LogP contribution in [0.25, 0.3) is 0 Å². The van der Waals surface area contributed by atoms with Gasteiger partial charge < -0.3 is 14.8 Å². The molecule has 1 aliphatic heterocycles. The molecule has 0 bridgehead atoms. The number of nitrogens with one attached hydrogen (secondary N) is 1. The number of rotatable bonds is 7. The predicted octanol–water partition coefficient (Wildman–Crippen LogP) is 4.97. The van der Waals surface area contributed by atoms with Gasteiger partial charge in [0.2, 0.25) is 5.91 Å². The number of halogens is 1. The Labute approximate surface area is 202 Å². The Morgan fingerprint density at radius 1 is 1.18 bits per heavy atom. The molecule has 2 heterocycles. The number of aryl methyl sites for hydroxylation is 1. The van der Waals surface area contributed by atoms with Crippen molar-refractivity contribution < 1.29 is 9.59 Å². The molecule has 9 heteroatoms. The summed E-state index contributed by atoms with van der Waals surface area (Å²) < 4.78 is 2.01. The van der Waals surface area contributed by atoms with Crippen LogP contribution in [-0.2, 0) is 11.3 Å². The first-order chi connectivity index (χ1) is 16.0. The number of hydrogen-bond acceptors (Lipinski definition) is 5. The molecule has 3 aromatic rings. The maximum Gasteiger partial charge on any atom is 0.254 e. The number of carbonyl (C=O) groups excluding carboxylic acids is 2. The Morgan fingerprint density at radius 3 is 2.76 bits per heavy atom. The Hall–Kier alpha value is -2.84. The first-order valence-electron chi connectivity index (χ1n) is 11.0. The van der Waals surface area contributed by atoms with Crippen LogP contribution in [0.15, 0.2) is 53.7 Å². The zero-order valence-electron chi connectivity index (χ0n) is 18.6. The van der Waals surface area contributed by atoms with E-state index in [-0.39, 0.29) is 23.6 Å². The van der Waals surface area contributed by atoms with Crippen molar-refractivity contribution >= 4 is 40.9 Å². The van der Waals surface area contributed by atoms with E-state index in [0.29, 0.717) is 29.0 Å². The highest BCUT2D eigenvalue weighted by Gasteiger charge is 2.35. The summed E-state index contributed by atoms with van der Waals surface area (Å²) in [4.78, 5) is 27.6. The quantitative estimate of drug-likeness (QED) is 0.480. The topological polar surface area (TPSA) is 80.1 Å². The Bertz CT molecular complexity index is 1170. The largest absolute Gasteiger partial charge is 0.328 e. The van der Waals surface area contributed by atoms with Gasteiger partial charge in [0.15, 0.2) is 11.0 Å². The van der Waals surface area contributed by atoms with Crippen molar-refractivity contribution in [2.45, 2.75) is 44.4 Å². The molecule has 33 heavy (non-hydrogen) atoms. The van der Waals surface area contributed by atoms with Crippen molar-refractivity contribution in [3.8, 4) is 0 Å². The molecule has 4 rings (SSSR count). The second kappa shape index (κ2) is 10.4. The summed E-state index contributed by atoms with van der Waals surface area (Å²) in [5.74, 6) is 0.846. The van der Waals surface area contributed by atoms with Crippen LogP contribution in [0.1, 0.15) is 47.6 Å². The number of nitrogens with zero attached hydrogens (tertiary/aromatic N) is 4. The minimum Gasteiger partial charge on any atom is -0.328 e. The van der Waals surface area contributed by atoms with Crippen molar-refractivity contribution in [2.75, 3.05) is 17.6 Å². The normalized spacial score (nSPS) is 15.6. The molecule has 0 aliphatic carbocycles. The van der Waals surface area contributed by atoms with Gasteiger partial charge in [-0.15, -0.1) is 10.2 Å². The van der Waals surface area contributed by atoms with Gasteiger partial charge in [-0.2, -0.15) is 0 Å². The summed E-state index contributed by atoms with van der Waals surface area (Å²) >= 11 is 7.31. The highest BCUT2D eigenvalue weighted by atomic mass is 35.5. The average Bonchev–Trinajstić information content (AvgIpc) is 3.44. The number of benzene rings is 2. The Kier molecular flexibility index (Phi) is 7.35. The van der Waals surface area contributed by atoms with E-state index in [1.54, 1.807) is 24.3 Å². The third-order valence-corrected chi connectivity index (χ3v) is 6.89. The minimum absolute atomic E-state index is 0.0244. The third-order valence-electron chi connectivity index (χ3n) is 5.69. The first kappa shape index (κ1) is 23.3. The molecule has 1 atom stereocenters. The van der Waals surface area contributed by atoms with Crippen LogP contribution in [0.2, 0.25) is 5.02 Å². The van der Waals surface area contributed by atoms with E-state index in [2.05, 4.69) is 15.5 Å². The molecule has 1 N–H and O–H groups in total. The van der Waals surface area contributed by atoms with E-state index >= 15 is 0 Å². The second-order valence-corrected chi connectivity index (χ2v) is 9.28. The van der Waals surface area contributed by atoms with Gasteiger partial charge in [0.25, 0.3) is 5.91 Å². The van der Waals surface area contributed by atoms with Crippen molar-refractivity contribution in [1.82, 2.24) is 19.7 Å². The average molecular weight is 484 g/mol. The maximum atomic E-state index is 13.3. The number of thioether (sulfide) groups is 1. The molecule has 1 aliphatic rings. The molecule has 0 spiro atoms. The Morgan fingerprint density at radius 2 is 2.00 bits per heavy atom. The van der Waals surface area contributed by atoms with Gasteiger partial charge in [-0.25, -0.2) is 0 Å². The van der Waals surface area contributed by atoms with Crippen LogP contribution in [0.3, 0.4) is 0 Å². The van der Waals surface area contributed by atoms with Gasteiger partial charge in [-0.3, -0.25) is 9.59 Å². The lowest BCUT2D eigenvalue weighted by Crippen LogP contribution is -2.32. The van der Waals surface area contributed by atoms with Crippen molar-refractivity contribution in [2.24, 2.45) is 0 Å². The van der Waals surface area contributed by atoms with Gasteiger partial charge >= 0.3 is 0 Å². The number of hydrogen-bond donors (Lipinski definition) is 1. The van der Waals surface area contributed by atoms with Gasteiger partial charge in [-0.1, -0.05) is 47.6 Å². The lowest BCUT2D eigenvalue weighted by Gasteiger charge is -2.25. The van der Waals surface area contributed by atoms with Crippen molar-refractivity contribution in [3.63, 3.8) is 0 Å². The number of amides is 2. The minimum atomic E-state index is -0.147. The summed E-state index contributed by atoms with van der Waals surface area (Å²) in [6.07, 6.45) is 1.76. The van der Waals surface area contributed by atoms with Gasteiger partial charge in [0.1, 0.15) is 0 Å². The smallest absolute Gasteiger partial charge is 0.254 e. The van der Waals surface area contributed by atoms with Crippen LogP contribution in [0.5, 0.6) is 0 Å². The highest BCUT2D eigenvalue weighted by Crippen LogP contribution is 2.34. The zero-order valence-corrected chi connectivity index (χ0v) is 20.2. The van der Waals surface area contributed by atoms with Crippen LogP contribution in [0, 0.1) is 6.92 Å². The van der Waals surface area contributed by atoms with Gasteiger partial charge in [0.05, 0.1) is 11.8 Å². The molecule has 2 aromatic carbocycles. The van der Waals surface area contributed by atoms with Gasteiger partial charge in [-0.05, 0) is 56.5 Å². The van der Waals surface area contributed by atoms with Crippen LogP contribution in [0.4, 0.5) is 5.69 Å². The molecule has 1 saturated heterocycles. The molecule has 1 aromatic heterocycles. The SMILES string of the molecule is CCn1c(SCC(=O)Nc2cccc(Cl)c2)nnc1C1CCCN1C(=O)c1ccccc1C. The molecule has 0 saturated carbocycles. The number of aromatic nitrogens is 3. The molecular formula is C24H26ClN5O2S. The van der Waals surface area contributed by atoms with E-state index in [4.69, 9.17) is 11.6 Å². The van der Waals surface area contributed by atoms with Crippen molar-refractivity contribution in [1.29, 1.82) is 0 Å². The third kappa shape index (κ3) is 5.23. The number of anilines is 1. The summed E-state index contributed by atoms with van der Waals surface area (Å²) in [6, 6.07) is 14.6. The highest BCUT2D eigenvalue weighted by molar-refractivity contribution is 7.99. The summed E-state index contributed by atoms with van der Waals surface area (Å²) in [5.41, 5.74) is 2.34. The fraction of sp³-hybridized carbons (Fsp3) is 0.333. The molecule has 1 unspecified atom stereocenters. The molecule has 7 nitrogen and oxygen atoms in total. The van der Waals surface area contributed by atoms with E-state index in [9.17, 15) is 9.59 Å². The molecule has 2 amide bonds. The second-order valence-electron chi connectivity index (χ2n) is 7.90. The van der Waals surface area contributed by atoms with E-state index in [1.165, 1.54) is 11.8 Å². The maximum absolute atomic E-state index is 13.3. The van der Waals surface area contributed by atoms with E-state index in [0.717, 1.165) is 29.8 Å². The summed E-state index contributed by atoms with van der Waals surface area (Å²) in [5, 5.41) is 12.9. The lowest BCUT2D eigenvalue weighted by molar-refractivity contribution is -0.113. The van der Waals surface area contributed by atoms with Crippen molar-refractivity contribution in [3.05, 3.63) is 70.5 Å². The lowest BCUT2D eigenvalue weighted by atomic mass is 10.1. The summed E-state index contributed by atoms with van der Waals surface area (Å²) in [6.45, 7) is 5.32. The molecule has 172 valence electrons. The fourth-order valence-electron chi connectivity index (χ4n) is 4.09. The predicted molar refractivity (Wildman–Crippen MR) is 131 cm³/mol. The number of carbonyl (C=O) groups is 2. The van der Waals surface area contributed by atoms with Gasteiger partial charge in [0, 0.05) is 29.4 Å². The molecule has 0 radical (unpaired) electrons. The fourth-order valence-corrected chi connectivity index (χ4v) is 5.09. The number of likely N-dealkylation sites (tertiary alicyclic amines) is 1. The van der Waals surface area contributed by atoms with Crippen LogP contribution < -0.4 is 5.32 Å². The van der Waals surface area contributed by atoms with E-state index in [1.807, 2.05) is 47.6 Å². The first-order valence-corrected chi connectivity index (χ1v) is 12.3. The molecule has 1 fully saturated rings.